The molecule has 1 unspecified atom stereocenters. The number of para-hydroxylation sites is 1. The number of carbonyl (C=O) groups is 2. The highest BCUT2D eigenvalue weighted by Gasteiger charge is 2.41. The van der Waals surface area contributed by atoms with E-state index in [-0.39, 0.29) is 12.6 Å². The summed E-state index contributed by atoms with van der Waals surface area (Å²) >= 11 is 0. The normalized spacial score (nSPS) is 16.5. The molecule has 0 aliphatic carbocycles. The van der Waals surface area contributed by atoms with Gasteiger partial charge in [0.15, 0.2) is 0 Å². The molecule has 1 aliphatic rings. The summed E-state index contributed by atoms with van der Waals surface area (Å²) in [6, 6.07) is 18.7. The molecule has 2 amide bonds. The van der Waals surface area contributed by atoms with Crippen LogP contribution in [0.4, 0.5) is 4.79 Å². The number of benzene rings is 2. The second-order valence-corrected chi connectivity index (χ2v) is 7.65. The summed E-state index contributed by atoms with van der Waals surface area (Å²) in [6.07, 6.45) is 1.89. The summed E-state index contributed by atoms with van der Waals surface area (Å²) in [5.41, 5.74) is 4.25. The Kier molecular flexibility index (Phi) is 5.81. The Labute approximate surface area is 187 Å². The lowest BCUT2D eigenvalue weighted by molar-refractivity contribution is -0.139. The standard InChI is InChI=1S/C25H26N4O3/c1-5-32-24(30)21-17(2)27(3)25(31)28(4)23(21)20-16-29(19-14-10-7-11-15-19)26-22(20)18-12-8-6-9-13-18/h6-16,23H,5H2,1-4H3. The predicted molar refractivity (Wildman–Crippen MR) is 122 cm³/mol. The van der Waals surface area contributed by atoms with Gasteiger partial charge in [0.05, 0.1) is 29.6 Å². The number of hydrogen-bond donors (Lipinski definition) is 0. The third kappa shape index (κ3) is 3.66. The molecule has 164 valence electrons. The summed E-state index contributed by atoms with van der Waals surface area (Å²) in [5.74, 6) is -0.437. The van der Waals surface area contributed by atoms with E-state index in [1.54, 1.807) is 37.5 Å². The van der Waals surface area contributed by atoms with Gasteiger partial charge in [-0.05, 0) is 26.0 Å². The van der Waals surface area contributed by atoms with Crippen LogP contribution >= 0.6 is 0 Å². The topological polar surface area (TPSA) is 67.7 Å². The van der Waals surface area contributed by atoms with Crippen LogP contribution in [0.5, 0.6) is 0 Å². The average molecular weight is 431 g/mol. The van der Waals surface area contributed by atoms with Gasteiger partial charge in [0.2, 0.25) is 0 Å². The first-order valence-corrected chi connectivity index (χ1v) is 10.5. The molecule has 0 spiro atoms. The fourth-order valence-electron chi connectivity index (χ4n) is 4.02. The van der Waals surface area contributed by atoms with Crippen LogP contribution in [0.3, 0.4) is 0 Å². The molecule has 0 radical (unpaired) electrons. The first-order chi connectivity index (χ1) is 15.4. The van der Waals surface area contributed by atoms with Crippen LogP contribution in [0.15, 0.2) is 78.1 Å². The smallest absolute Gasteiger partial charge is 0.338 e. The number of rotatable bonds is 5. The molecule has 0 saturated carbocycles. The van der Waals surface area contributed by atoms with Crippen molar-refractivity contribution in [1.82, 2.24) is 19.6 Å². The molecular weight excluding hydrogens is 404 g/mol. The van der Waals surface area contributed by atoms with Crippen molar-refractivity contribution in [3.05, 3.63) is 83.7 Å². The number of esters is 1. The fourth-order valence-corrected chi connectivity index (χ4v) is 4.02. The van der Waals surface area contributed by atoms with Gasteiger partial charge in [-0.2, -0.15) is 5.10 Å². The van der Waals surface area contributed by atoms with Crippen LogP contribution in [0.2, 0.25) is 0 Å². The number of amides is 2. The van der Waals surface area contributed by atoms with E-state index in [1.807, 2.05) is 66.9 Å². The number of hydrogen-bond acceptors (Lipinski definition) is 4. The van der Waals surface area contributed by atoms with Gasteiger partial charge in [-0.15, -0.1) is 0 Å². The molecular formula is C25H26N4O3. The molecule has 2 heterocycles. The van der Waals surface area contributed by atoms with Crippen molar-refractivity contribution < 1.29 is 14.3 Å². The maximum atomic E-state index is 13.0. The number of allylic oxidation sites excluding steroid dienone is 1. The fraction of sp³-hybridized carbons (Fsp3) is 0.240. The van der Waals surface area contributed by atoms with Gasteiger partial charge < -0.3 is 14.5 Å². The maximum Gasteiger partial charge on any atom is 0.338 e. The molecule has 32 heavy (non-hydrogen) atoms. The average Bonchev–Trinajstić information content (AvgIpc) is 3.26. The zero-order valence-corrected chi connectivity index (χ0v) is 18.6. The van der Waals surface area contributed by atoms with Crippen LogP contribution in [0, 0.1) is 0 Å². The highest BCUT2D eigenvalue weighted by Crippen LogP contribution is 2.40. The number of aromatic nitrogens is 2. The van der Waals surface area contributed by atoms with Crippen molar-refractivity contribution in [2.45, 2.75) is 19.9 Å². The van der Waals surface area contributed by atoms with Gasteiger partial charge in [0.1, 0.15) is 0 Å². The summed E-state index contributed by atoms with van der Waals surface area (Å²) in [7, 11) is 3.36. The zero-order valence-electron chi connectivity index (χ0n) is 18.6. The monoisotopic (exact) mass is 430 g/mol. The zero-order chi connectivity index (χ0) is 22.8. The second kappa shape index (κ2) is 8.70. The molecule has 7 heteroatoms. The van der Waals surface area contributed by atoms with Crippen LogP contribution in [-0.2, 0) is 9.53 Å². The van der Waals surface area contributed by atoms with Gasteiger partial charge in [0, 0.05) is 37.1 Å². The van der Waals surface area contributed by atoms with Crippen molar-refractivity contribution in [3.63, 3.8) is 0 Å². The van der Waals surface area contributed by atoms with Gasteiger partial charge >= 0.3 is 12.0 Å². The molecule has 2 aromatic carbocycles. The van der Waals surface area contributed by atoms with E-state index in [0.29, 0.717) is 17.0 Å². The van der Waals surface area contributed by atoms with Crippen molar-refractivity contribution in [1.29, 1.82) is 0 Å². The van der Waals surface area contributed by atoms with Crippen molar-refractivity contribution in [2.24, 2.45) is 0 Å². The molecule has 0 saturated heterocycles. The molecule has 7 nitrogen and oxygen atoms in total. The highest BCUT2D eigenvalue weighted by atomic mass is 16.5. The van der Waals surface area contributed by atoms with E-state index < -0.39 is 12.0 Å². The summed E-state index contributed by atoms with van der Waals surface area (Å²) < 4.78 is 7.17. The summed E-state index contributed by atoms with van der Waals surface area (Å²) in [5, 5.41) is 4.86. The quantitative estimate of drug-likeness (QED) is 0.562. The number of urea groups is 1. The molecule has 0 fully saturated rings. The lowest BCUT2D eigenvalue weighted by Crippen LogP contribution is -2.47. The van der Waals surface area contributed by atoms with E-state index in [2.05, 4.69) is 0 Å². The van der Waals surface area contributed by atoms with Crippen LogP contribution in [0.25, 0.3) is 16.9 Å². The van der Waals surface area contributed by atoms with Crippen LogP contribution in [0.1, 0.15) is 25.5 Å². The maximum absolute atomic E-state index is 13.0. The molecule has 3 aromatic rings. The van der Waals surface area contributed by atoms with E-state index in [4.69, 9.17) is 9.84 Å². The highest BCUT2D eigenvalue weighted by molar-refractivity contribution is 5.95. The predicted octanol–water partition coefficient (Wildman–Crippen LogP) is 4.41. The first-order valence-electron chi connectivity index (χ1n) is 10.5. The van der Waals surface area contributed by atoms with Gasteiger partial charge in [-0.1, -0.05) is 48.5 Å². The lowest BCUT2D eigenvalue weighted by Gasteiger charge is -2.39. The number of likely N-dealkylation sites (N-methyl/N-ethyl adjacent to an activating group) is 1. The van der Waals surface area contributed by atoms with Gasteiger partial charge in [-0.3, -0.25) is 0 Å². The van der Waals surface area contributed by atoms with Gasteiger partial charge in [-0.25, -0.2) is 14.3 Å². The minimum absolute atomic E-state index is 0.202. The van der Waals surface area contributed by atoms with Crippen molar-refractivity contribution in [3.8, 4) is 16.9 Å². The van der Waals surface area contributed by atoms with Crippen molar-refractivity contribution in [2.75, 3.05) is 20.7 Å². The summed E-state index contributed by atoms with van der Waals surface area (Å²) in [4.78, 5) is 29.1. The Balaban J connectivity index is 1.96. The Morgan fingerprint density at radius 1 is 1.03 bits per heavy atom. The number of carbonyl (C=O) groups excluding carboxylic acids is 2. The third-order valence-electron chi connectivity index (χ3n) is 5.74. The Morgan fingerprint density at radius 3 is 2.28 bits per heavy atom. The molecule has 1 atom stereocenters. The third-order valence-corrected chi connectivity index (χ3v) is 5.74. The van der Waals surface area contributed by atoms with E-state index in [9.17, 15) is 9.59 Å². The molecule has 0 bridgehead atoms. The Morgan fingerprint density at radius 2 is 1.66 bits per heavy atom. The lowest BCUT2D eigenvalue weighted by atomic mass is 9.92. The molecule has 1 aromatic heterocycles. The van der Waals surface area contributed by atoms with Gasteiger partial charge in [0.25, 0.3) is 0 Å². The second-order valence-electron chi connectivity index (χ2n) is 7.65. The minimum Gasteiger partial charge on any atom is -0.463 e. The van der Waals surface area contributed by atoms with E-state index in [0.717, 1.165) is 16.8 Å². The van der Waals surface area contributed by atoms with E-state index in [1.165, 1.54) is 4.90 Å². The molecule has 1 aliphatic heterocycles. The minimum atomic E-state index is -0.634. The van der Waals surface area contributed by atoms with Crippen LogP contribution < -0.4 is 0 Å². The SMILES string of the molecule is CCOC(=O)C1=C(C)N(C)C(=O)N(C)C1c1cn(-c2ccccc2)nc1-c1ccccc1. The van der Waals surface area contributed by atoms with Crippen molar-refractivity contribution >= 4 is 12.0 Å². The molecule has 4 rings (SSSR count). The Bertz CT molecular complexity index is 1170. The summed E-state index contributed by atoms with van der Waals surface area (Å²) in [6.45, 7) is 3.79. The number of nitrogens with zero attached hydrogens (tertiary/aromatic N) is 4. The molecule has 0 N–H and O–H groups in total. The first kappa shape index (κ1) is 21.4. The van der Waals surface area contributed by atoms with Crippen LogP contribution in [-0.4, -0.2) is 52.3 Å². The largest absolute Gasteiger partial charge is 0.463 e. The number of ether oxygens (including phenoxy) is 1. The van der Waals surface area contributed by atoms with E-state index >= 15 is 0 Å². The Hall–Kier alpha value is -3.87.